The zero-order valence-electron chi connectivity index (χ0n) is 17.1. The van der Waals surface area contributed by atoms with Crippen molar-refractivity contribution in [3.05, 3.63) is 40.6 Å². The van der Waals surface area contributed by atoms with Crippen LogP contribution in [0.2, 0.25) is 0 Å². The Morgan fingerprint density at radius 1 is 1.14 bits per heavy atom. The molecule has 0 radical (unpaired) electrons. The van der Waals surface area contributed by atoms with E-state index in [0.717, 1.165) is 5.82 Å². The number of benzene rings is 1. The minimum Gasteiger partial charge on any atom is -0.497 e. The topological polar surface area (TPSA) is 95.7 Å². The van der Waals surface area contributed by atoms with Crippen LogP contribution in [-0.4, -0.2) is 61.0 Å². The SMILES string of the molecule is CCn1c(C2CCN(S(=O)(=O)c3ccc(OC)cc3)CC2)nn(CCOC)c1=O. The lowest BCUT2D eigenvalue weighted by atomic mass is 9.97. The van der Waals surface area contributed by atoms with Gasteiger partial charge in [0.15, 0.2) is 0 Å². The predicted molar refractivity (Wildman–Crippen MR) is 108 cm³/mol. The van der Waals surface area contributed by atoms with E-state index in [0.29, 0.717) is 51.4 Å². The smallest absolute Gasteiger partial charge is 0.345 e. The van der Waals surface area contributed by atoms with Crippen molar-refractivity contribution in [1.82, 2.24) is 18.7 Å². The number of sulfonamides is 1. The average molecular weight is 425 g/mol. The van der Waals surface area contributed by atoms with Gasteiger partial charge in [-0.2, -0.15) is 9.40 Å². The predicted octanol–water partition coefficient (Wildman–Crippen LogP) is 1.29. The first kappa shape index (κ1) is 21.5. The Balaban J connectivity index is 1.74. The molecule has 0 saturated carbocycles. The van der Waals surface area contributed by atoms with Crippen molar-refractivity contribution < 1.29 is 17.9 Å². The molecule has 0 atom stereocenters. The van der Waals surface area contributed by atoms with Gasteiger partial charge < -0.3 is 9.47 Å². The normalized spacial score (nSPS) is 16.2. The van der Waals surface area contributed by atoms with Crippen molar-refractivity contribution in [2.24, 2.45) is 0 Å². The summed E-state index contributed by atoms with van der Waals surface area (Å²) in [6.07, 6.45) is 1.24. The van der Waals surface area contributed by atoms with Crippen molar-refractivity contribution in [2.75, 3.05) is 33.9 Å². The quantitative estimate of drug-likeness (QED) is 0.634. The maximum Gasteiger partial charge on any atom is 0.345 e. The highest BCUT2D eigenvalue weighted by Crippen LogP contribution is 2.30. The minimum atomic E-state index is -3.56. The molecule has 9 nitrogen and oxygen atoms in total. The number of aromatic nitrogens is 3. The largest absolute Gasteiger partial charge is 0.497 e. The van der Waals surface area contributed by atoms with E-state index in [4.69, 9.17) is 9.47 Å². The molecule has 3 rings (SSSR count). The molecule has 160 valence electrons. The molecule has 1 fully saturated rings. The van der Waals surface area contributed by atoms with Gasteiger partial charge in [0.25, 0.3) is 0 Å². The molecule has 0 bridgehead atoms. The van der Waals surface area contributed by atoms with Gasteiger partial charge in [-0.05, 0) is 44.0 Å². The number of ether oxygens (including phenoxy) is 2. The summed E-state index contributed by atoms with van der Waals surface area (Å²) in [5.41, 5.74) is -0.146. The lowest BCUT2D eigenvalue weighted by molar-refractivity contribution is 0.182. The summed E-state index contributed by atoms with van der Waals surface area (Å²) < 4.78 is 40.6. The molecular weight excluding hydrogens is 396 g/mol. The van der Waals surface area contributed by atoms with Crippen LogP contribution in [0.1, 0.15) is 31.5 Å². The van der Waals surface area contributed by atoms with Crippen molar-refractivity contribution in [1.29, 1.82) is 0 Å². The molecule has 0 aliphatic carbocycles. The molecule has 1 aromatic heterocycles. The van der Waals surface area contributed by atoms with E-state index in [2.05, 4.69) is 5.10 Å². The van der Waals surface area contributed by atoms with Gasteiger partial charge in [-0.25, -0.2) is 17.9 Å². The molecule has 0 spiro atoms. The van der Waals surface area contributed by atoms with Crippen LogP contribution < -0.4 is 10.4 Å². The second-order valence-electron chi connectivity index (χ2n) is 6.95. The first-order valence-corrected chi connectivity index (χ1v) is 11.2. The van der Waals surface area contributed by atoms with Crippen molar-refractivity contribution in [2.45, 2.75) is 43.7 Å². The van der Waals surface area contributed by atoms with Crippen LogP contribution in [0.5, 0.6) is 5.75 Å². The number of piperidine rings is 1. The Hall–Kier alpha value is -2.17. The Morgan fingerprint density at radius 2 is 1.79 bits per heavy atom. The Labute approximate surface area is 170 Å². The minimum absolute atomic E-state index is 0.0498. The number of rotatable bonds is 8. The van der Waals surface area contributed by atoms with E-state index in [1.54, 1.807) is 43.1 Å². The maximum absolute atomic E-state index is 12.9. The monoisotopic (exact) mass is 424 g/mol. The Morgan fingerprint density at radius 3 is 2.34 bits per heavy atom. The molecule has 1 aromatic carbocycles. The number of hydrogen-bond donors (Lipinski definition) is 0. The zero-order chi connectivity index (χ0) is 21.0. The van der Waals surface area contributed by atoms with E-state index in [1.807, 2.05) is 6.92 Å². The summed E-state index contributed by atoms with van der Waals surface area (Å²) in [5.74, 6) is 1.40. The number of nitrogens with zero attached hydrogens (tertiary/aromatic N) is 4. The zero-order valence-corrected chi connectivity index (χ0v) is 17.9. The highest BCUT2D eigenvalue weighted by Gasteiger charge is 2.32. The van der Waals surface area contributed by atoms with Gasteiger partial charge in [-0.15, -0.1) is 0 Å². The molecule has 1 aliphatic heterocycles. The van der Waals surface area contributed by atoms with Crippen LogP contribution in [0.4, 0.5) is 0 Å². The lowest BCUT2D eigenvalue weighted by Crippen LogP contribution is -2.38. The molecule has 0 unspecified atom stereocenters. The molecule has 2 heterocycles. The lowest BCUT2D eigenvalue weighted by Gasteiger charge is -2.30. The third kappa shape index (κ3) is 4.39. The average Bonchev–Trinajstić information content (AvgIpc) is 3.07. The third-order valence-corrected chi connectivity index (χ3v) is 7.20. The van der Waals surface area contributed by atoms with Gasteiger partial charge in [0.1, 0.15) is 11.6 Å². The summed E-state index contributed by atoms with van der Waals surface area (Å²) in [6.45, 7) is 4.05. The Bertz CT molecular complexity index is 973. The van der Waals surface area contributed by atoms with Gasteiger partial charge in [0, 0.05) is 32.7 Å². The molecule has 1 saturated heterocycles. The highest BCUT2D eigenvalue weighted by molar-refractivity contribution is 7.89. The summed E-state index contributed by atoms with van der Waals surface area (Å²) in [7, 11) is -0.429. The number of methoxy groups -OCH3 is 2. The molecule has 0 amide bonds. The summed E-state index contributed by atoms with van der Waals surface area (Å²) in [6, 6.07) is 6.41. The first-order valence-electron chi connectivity index (χ1n) is 9.73. The second kappa shape index (κ2) is 9.10. The van der Waals surface area contributed by atoms with Crippen LogP contribution in [0.3, 0.4) is 0 Å². The van der Waals surface area contributed by atoms with Crippen molar-refractivity contribution in [3.8, 4) is 5.75 Å². The van der Waals surface area contributed by atoms with Crippen LogP contribution in [-0.2, 0) is 27.8 Å². The van der Waals surface area contributed by atoms with Crippen molar-refractivity contribution in [3.63, 3.8) is 0 Å². The van der Waals surface area contributed by atoms with Crippen LogP contribution >= 0.6 is 0 Å². The molecule has 29 heavy (non-hydrogen) atoms. The molecular formula is C19H28N4O5S. The first-order chi connectivity index (χ1) is 13.9. The fraction of sp³-hybridized carbons (Fsp3) is 0.579. The van der Waals surface area contributed by atoms with Gasteiger partial charge in [0.05, 0.1) is 25.2 Å². The molecule has 10 heteroatoms. The van der Waals surface area contributed by atoms with E-state index >= 15 is 0 Å². The van der Waals surface area contributed by atoms with E-state index < -0.39 is 10.0 Å². The number of hydrogen-bond acceptors (Lipinski definition) is 6. The summed E-state index contributed by atoms with van der Waals surface area (Å²) in [4.78, 5) is 12.8. The van der Waals surface area contributed by atoms with E-state index in [1.165, 1.54) is 8.99 Å². The van der Waals surface area contributed by atoms with Crippen LogP contribution in [0.25, 0.3) is 0 Å². The second-order valence-corrected chi connectivity index (χ2v) is 8.89. The van der Waals surface area contributed by atoms with Gasteiger partial charge in [-0.3, -0.25) is 4.57 Å². The highest BCUT2D eigenvalue weighted by atomic mass is 32.2. The van der Waals surface area contributed by atoms with Crippen LogP contribution in [0.15, 0.2) is 34.0 Å². The maximum atomic E-state index is 12.9. The van der Waals surface area contributed by atoms with Crippen LogP contribution in [0, 0.1) is 0 Å². The summed E-state index contributed by atoms with van der Waals surface area (Å²) >= 11 is 0. The Kier molecular flexibility index (Phi) is 6.76. The molecule has 2 aromatic rings. The fourth-order valence-electron chi connectivity index (χ4n) is 3.63. The standard InChI is InChI=1S/C19H28N4O5S/c1-4-22-18(20-23(19(22)24)13-14-27-2)15-9-11-21(12-10-15)29(25,26)17-7-5-16(28-3)6-8-17/h5-8,15H,4,9-14H2,1-3H3. The van der Waals surface area contributed by atoms with Gasteiger partial charge >= 0.3 is 5.69 Å². The van der Waals surface area contributed by atoms with E-state index in [9.17, 15) is 13.2 Å². The van der Waals surface area contributed by atoms with Gasteiger partial charge in [0.2, 0.25) is 10.0 Å². The third-order valence-electron chi connectivity index (χ3n) is 5.29. The molecule has 1 aliphatic rings. The molecule has 0 N–H and O–H groups in total. The van der Waals surface area contributed by atoms with Gasteiger partial charge in [-0.1, -0.05) is 0 Å². The fourth-order valence-corrected chi connectivity index (χ4v) is 5.10. The summed E-state index contributed by atoms with van der Waals surface area (Å²) in [5, 5.41) is 4.51. The van der Waals surface area contributed by atoms with Crippen molar-refractivity contribution >= 4 is 10.0 Å². The van der Waals surface area contributed by atoms with E-state index in [-0.39, 0.29) is 16.5 Å².